The third-order valence-corrected chi connectivity index (χ3v) is 7.89. The number of carboxylic acid groups (broad SMARTS) is 1. The molecule has 0 aliphatic carbocycles. The van der Waals surface area contributed by atoms with Crippen LogP contribution in [0.5, 0.6) is 0 Å². The van der Waals surface area contributed by atoms with Crippen LogP contribution in [0.2, 0.25) is 0 Å². The van der Waals surface area contributed by atoms with Crippen molar-refractivity contribution in [2.24, 2.45) is 0 Å². The van der Waals surface area contributed by atoms with E-state index in [2.05, 4.69) is 27.4 Å². The van der Waals surface area contributed by atoms with Gasteiger partial charge >= 0.3 is 5.97 Å². The molecule has 1 amide bonds. The minimum atomic E-state index is -1.04. The number of carbonyl (C=O) groups excluding carboxylic acids is 1. The zero-order valence-corrected chi connectivity index (χ0v) is 23.9. The highest BCUT2D eigenvalue weighted by Gasteiger charge is 2.24. The molecular weight excluding hydrogens is 560 g/mol. The minimum absolute atomic E-state index is 0.0175. The minimum Gasteiger partial charge on any atom is -0.478 e. The van der Waals surface area contributed by atoms with E-state index in [1.807, 2.05) is 31.2 Å². The van der Waals surface area contributed by atoms with Crippen LogP contribution in [0.4, 0.5) is 11.5 Å². The number of fused-ring (bicyclic) bond motifs is 1. The number of hydrogen-bond acceptors (Lipinski definition) is 8. The van der Waals surface area contributed by atoms with Gasteiger partial charge in [-0.05, 0) is 43.7 Å². The first-order valence-electron chi connectivity index (χ1n) is 13.1. The molecule has 0 fully saturated rings. The maximum absolute atomic E-state index is 13.1. The summed E-state index contributed by atoms with van der Waals surface area (Å²) in [7, 11) is 0. The summed E-state index contributed by atoms with van der Waals surface area (Å²) >= 11 is 1.07. The number of aromatic nitrogens is 2. The predicted molar refractivity (Wildman–Crippen MR) is 166 cm³/mol. The Morgan fingerprint density at radius 3 is 2.23 bits per heavy atom. The summed E-state index contributed by atoms with van der Waals surface area (Å²) < 4.78 is 0. The summed E-state index contributed by atoms with van der Waals surface area (Å²) in [6, 6.07) is 27.1. The normalized spacial score (nSPS) is 11.3. The topological polar surface area (TPSA) is 166 Å². The van der Waals surface area contributed by atoms with Crippen molar-refractivity contribution in [3.8, 4) is 34.5 Å². The molecule has 0 radical (unpaired) electrons. The van der Waals surface area contributed by atoms with Gasteiger partial charge < -0.3 is 16.2 Å². The first-order valence-corrected chi connectivity index (χ1v) is 14.0. The molecule has 0 aliphatic rings. The lowest BCUT2D eigenvalue weighted by Gasteiger charge is -2.16. The van der Waals surface area contributed by atoms with Gasteiger partial charge in [0, 0.05) is 22.2 Å². The highest BCUT2D eigenvalue weighted by atomic mass is 32.2. The van der Waals surface area contributed by atoms with Crippen molar-refractivity contribution in [1.29, 1.82) is 10.5 Å². The Hall–Kier alpha value is -5.71. The Labute approximate surface area is 251 Å². The zero-order chi connectivity index (χ0) is 30.7. The molecule has 5 aromatic rings. The van der Waals surface area contributed by atoms with E-state index in [1.165, 1.54) is 6.07 Å². The summed E-state index contributed by atoms with van der Waals surface area (Å²) in [5.41, 5.74) is 10.9. The number of nitrogens with one attached hydrogen (secondary N) is 1. The average Bonchev–Trinajstić information content (AvgIpc) is 3.01. The fourth-order valence-electron chi connectivity index (χ4n) is 4.58. The maximum Gasteiger partial charge on any atom is 0.336 e. The van der Waals surface area contributed by atoms with Crippen molar-refractivity contribution >= 4 is 46.0 Å². The quantitative estimate of drug-likeness (QED) is 0.183. The standard InChI is InChI=1S/C33H24N6O3S/c1-18-7-9-21(10-8-18)29-25(16-34)30(36)39-32(26(29)17-35)43-19(2)31(40)37-22-13-11-20(12-14-22)28-15-24(33(41)42)23-5-3-4-6-27(23)38-28/h3-15,19H,1-2H3,(H2,36,39)(H,37,40)(H,41,42). The van der Waals surface area contributed by atoms with Gasteiger partial charge in [-0.1, -0.05) is 71.9 Å². The highest BCUT2D eigenvalue weighted by Crippen LogP contribution is 2.37. The van der Waals surface area contributed by atoms with Crippen LogP contribution in [0.3, 0.4) is 0 Å². The number of hydrogen-bond donors (Lipinski definition) is 3. The number of carbonyl (C=O) groups is 2. The number of carboxylic acids is 1. The molecule has 2 heterocycles. The van der Waals surface area contributed by atoms with Crippen molar-refractivity contribution < 1.29 is 14.7 Å². The number of nitrogens with two attached hydrogens (primary N) is 1. The Bertz CT molecular complexity index is 1980. The van der Waals surface area contributed by atoms with Crippen LogP contribution in [-0.2, 0) is 4.79 Å². The lowest BCUT2D eigenvalue weighted by atomic mass is 9.96. The second-order valence-corrected chi connectivity index (χ2v) is 11.1. The van der Waals surface area contributed by atoms with Gasteiger partial charge in [-0.15, -0.1) is 0 Å². The molecule has 0 saturated carbocycles. The van der Waals surface area contributed by atoms with Crippen LogP contribution >= 0.6 is 11.8 Å². The fraction of sp³-hybridized carbons (Fsp3) is 0.0909. The van der Waals surface area contributed by atoms with E-state index < -0.39 is 11.2 Å². The number of para-hydroxylation sites is 1. The molecule has 2 aromatic heterocycles. The Balaban J connectivity index is 1.37. The highest BCUT2D eigenvalue weighted by molar-refractivity contribution is 8.00. The summed E-state index contributed by atoms with van der Waals surface area (Å²) in [6.45, 7) is 3.62. The van der Waals surface area contributed by atoms with Crippen LogP contribution < -0.4 is 11.1 Å². The van der Waals surface area contributed by atoms with E-state index in [1.54, 1.807) is 55.5 Å². The zero-order valence-electron chi connectivity index (χ0n) is 23.1. The molecule has 43 heavy (non-hydrogen) atoms. The van der Waals surface area contributed by atoms with Crippen molar-refractivity contribution in [2.45, 2.75) is 24.1 Å². The number of rotatable bonds is 7. The Kier molecular flexibility index (Phi) is 8.06. The third kappa shape index (κ3) is 5.87. The molecule has 0 spiro atoms. The van der Waals surface area contributed by atoms with Crippen molar-refractivity contribution in [2.75, 3.05) is 11.1 Å². The first-order chi connectivity index (χ1) is 20.7. The number of nitriles is 2. The Morgan fingerprint density at radius 1 is 0.930 bits per heavy atom. The molecule has 0 aliphatic heterocycles. The van der Waals surface area contributed by atoms with Gasteiger partial charge in [-0.3, -0.25) is 4.79 Å². The number of nitrogen functional groups attached to an aromatic ring is 1. The third-order valence-electron chi connectivity index (χ3n) is 6.81. The largest absolute Gasteiger partial charge is 0.478 e. The lowest BCUT2D eigenvalue weighted by Crippen LogP contribution is -2.22. The molecule has 1 atom stereocenters. The van der Waals surface area contributed by atoms with Gasteiger partial charge in [0.25, 0.3) is 0 Å². The van der Waals surface area contributed by atoms with Gasteiger partial charge in [0.05, 0.1) is 27.6 Å². The molecule has 10 heteroatoms. The first kappa shape index (κ1) is 28.8. The smallest absolute Gasteiger partial charge is 0.336 e. The van der Waals surface area contributed by atoms with Gasteiger partial charge in [-0.2, -0.15) is 10.5 Å². The van der Waals surface area contributed by atoms with Gasteiger partial charge in [0.1, 0.15) is 28.5 Å². The number of benzene rings is 3. The van der Waals surface area contributed by atoms with Crippen molar-refractivity contribution in [1.82, 2.24) is 9.97 Å². The van der Waals surface area contributed by atoms with Crippen LogP contribution in [0.25, 0.3) is 33.3 Å². The number of aryl methyl sites for hydroxylation is 1. The van der Waals surface area contributed by atoms with Gasteiger partial charge in [0.2, 0.25) is 5.91 Å². The summed E-state index contributed by atoms with van der Waals surface area (Å²) in [6.07, 6.45) is 0. The molecule has 3 aromatic carbocycles. The van der Waals surface area contributed by atoms with E-state index in [4.69, 9.17) is 5.73 Å². The molecule has 5 rings (SSSR count). The van der Waals surface area contributed by atoms with Crippen LogP contribution in [0, 0.1) is 29.6 Å². The van der Waals surface area contributed by atoms with Crippen molar-refractivity contribution in [3.63, 3.8) is 0 Å². The molecule has 0 saturated heterocycles. The number of aromatic carboxylic acids is 1. The molecule has 9 nitrogen and oxygen atoms in total. The molecule has 0 bridgehead atoms. The summed E-state index contributed by atoms with van der Waals surface area (Å²) in [5.74, 6) is -1.39. The van der Waals surface area contributed by atoms with E-state index in [9.17, 15) is 25.2 Å². The van der Waals surface area contributed by atoms with Gasteiger partial charge in [-0.25, -0.2) is 14.8 Å². The van der Waals surface area contributed by atoms with E-state index in [-0.39, 0.29) is 33.4 Å². The van der Waals surface area contributed by atoms with Crippen molar-refractivity contribution in [3.05, 3.63) is 101 Å². The molecule has 1 unspecified atom stereocenters. The summed E-state index contributed by atoms with van der Waals surface area (Å²) in [5, 5.41) is 32.5. The number of nitrogens with zero attached hydrogens (tertiary/aromatic N) is 4. The predicted octanol–water partition coefficient (Wildman–Crippen LogP) is 6.42. The number of amides is 1. The Morgan fingerprint density at radius 2 is 1.58 bits per heavy atom. The second-order valence-electron chi connectivity index (χ2n) is 9.72. The molecular formula is C33H24N6O3S. The molecule has 210 valence electrons. The van der Waals surface area contributed by atoms with E-state index >= 15 is 0 Å². The van der Waals surface area contributed by atoms with Crippen LogP contribution in [0.15, 0.2) is 83.9 Å². The molecule has 4 N–H and O–H groups in total. The fourth-order valence-corrected chi connectivity index (χ4v) is 5.50. The van der Waals surface area contributed by atoms with E-state index in [0.29, 0.717) is 39.0 Å². The summed E-state index contributed by atoms with van der Waals surface area (Å²) in [4.78, 5) is 33.9. The number of anilines is 2. The number of pyridine rings is 2. The average molecular weight is 585 g/mol. The SMILES string of the molecule is Cc1ccc(-c2c(C#N)c(N)nc(SC(C)C(=O)Nc3ccc(-c4cc(C(=O)O)c5ccccc5n4)cc3)c2C#N)cc1. The lowest BCUT2D eigenvalue weighted by molar-refractivity contribution is -0.115. The number of thioether (sulfide) groups is 1. The van der Waals surface area contributed by atoms with Crippen LogP contribution in [-0.4, -0.2) is 32.2 Å². The second kappa shape index (κ2) is 12.0. The van der Waals surface area contributed by atoms with Crippen LogP contribution in [0.1, 0.15) is 34.0 Å². The maximum atomic E-state index is 13.1. The van der Waals surface area contributed by atoms with E-state index in [0.717, 1.165) is 17.3 Å². The monoisotopic (exact) mass is 584 g/mol. The van der Waals surface area contributed by atoms with Gasteiger partial charge in [0.15, 0.2) is 0 Å².